The van der Waals surface area contributed by atoms with Gasteiger partial charge in [-0.15, -0.1) is 0 Å². The average molecular weight is 321 g/mol. The van der Waals surface area contributed by atoms with Gasteiger partial charge in [-0.1, -0.05) is 6.07 Å². The molecule has 7 heteroatoms. The Balaban J connectivity index is 1.71. The van der Waals surface area contributed by atoms with Crippen molar-refractivity contribution in [1.29, 1.82) is 0 Å². The Hall–Kier alpha value is -2.15. The first-order valence-electron chi connectivity index (χ1n) is 7.81. The summed E-state index contributed by atoms with van der Waals surface area (Å²) in [7, 11) is 0. The van der Waals surface area contributed by atoms with Gasteiger partial charge in [-0.3, -0.25) is 9.79 Å². The highest BCUT2D eigenvalue weighted by molar-refractivity contribution is 6.01. The lowest BCUT2D eigenvalue weighted by Crippen LogP contribution is -2.43. The molecule has 0 radical (unpaired) electrons. The van der Waals surface area contributed by atoms with E-state index >= 15 is 0 Å². The van der Waals surface area contributed by atoms with Crippen molar-refractivity contribution in [3.8, 4) is 5.75 Å². The zero-order valence-corrected chi connectivity index (χ0v) is 12.9. The fourth-order valence-electron chi connectivity index (χ4n) is 2.60. The Morgan fingerprint density at radius 2 is 2.22 bits per heavy atom. The van der Waals surface area contributed by atoms with E-state index in [1.165, 1.54) is 6.07 Å². The molecule has 0 saturated carbocycles. The minimum absolute atomic E-state index is 0.121. The average Bonchev–Trinajstić information content (AvgIpc) is 2.61. The summed E-state index contributed by atoms with van der Waals surface area (Å²) in [6, 6.07) is 4.59. The SMILES string of the molecule is O=C(COc1cccc(F)c1C1=NCCCN1)N1CCOCC1. The molecule has 0 spiro atoms. The third-order valence-electron chi connectivity index (χ3n) is 3.82. The smallest absolute Gasteiger partial charge is 0.260 e. The molecule has 1 aromatic carbocycles. The number of carbonyl (C=O) groups excluding carboxylic acids is 1. The number of aliphatic imine (C=N–C) groups is 1. The van der Waals surface area contributed by atoms with Crippen molar-refractivity contribution < 1.29 is 18.7 Å². The largest absolute Gasteiger partial charge is 0.483 e. The first-order valence-corrected chi connectivity index (χ1v) is 7.81. The number of ether oxygens (including phenoxy) is 2. The van der Waals surface area contributed by atoms with Crippen LogP contribution >= 0.6 is 0 Å². The van der Waals surface area contributed by atoms with Crippen LogP contribution in [0.4, 0.5) is 4.39 Å². The van der Waals surface area contributed by atoms with Gasteiger partial charge in [-0.05, 0) is 18.6 Å². The van der Waals surface area contributed by atoms with Gasteiger partial charge >= 0.3 is 0 Å². The maximum absolute atomic E-state index is 14.2. The van der Waals surface area contributed by atoms with Crippen molar-refractivity contribution in [3.05, 3.63) is 29.6 Å². The van der Waals surface area contributed by atoms with Crippen LogP contribution < -0.4 is 10.1 Å². The van der Waals surface area contributed by atoms with E-state index in [4.69, 9.17) is 9.47 Å². The molecule has 0 bridgehead atoms. The molecular formula is C16H20FN3O3. The highest BCUT2D eigenvalue weighted by Gasteiger charge is 2.21. The van der Waals surface area contributed by atoms with E-state index in [1.54, 1.807) is 17.0 Å². The number of amidine groups is 1. The highest BCUT2D eigenvalue weighted by atomic mass is 19.1. The van der Waals surface area contributed by atoms with E-state index < -0.39 is 5.82 Å². The number of halogens is 1. The Morgan fingerprint density at radius 1 is 1.39 bits per heavy atom. The van der Waals surface area contributed by atoms with Gasteiger partial charge < -0.3 is 19.7 Å². The summed E-state index contributed by atoms with van der Waals surface area (Å²) < 4.78 is 25.0. The van der Waals surface area contributed by atoms with Gasteiger partial charge in [0.2, 0.25) is 0 Å². The number of nitrogens with one attached hydrogen (secondary N) is 1. The molecule has 1 saturated heterocycles. The summed E-state index contributed by atoms with van der Waals surface area (Å²) in [5.74, 6) is 0.291. The summed E-state index contributed by atoms with van der Waals surface area (Å²) in [6.45, 7) is 3.49. The minimum Gasteiger partial charge on any atom is -0.483 e. The third-order valence-corrected chi connectivity index (χ3v) is 3.82. The predicted octanol–water partition coefficient (Wildman–Crippen LogP) is 0.803. The van der Waals surface area contributed by atoms with Gasteiger partial charge in [0, 0.05) is 26.2 Å². The van der Waals surface area contributed by atoms with Crippen molar-refractivity contribution in [2.75, 3.05) is 46.0 Å². The van der Waals surface area contributed by atoms with Crippen LogP contribution in [0.25, 0.3) is 0 Å². The lowest BCUT2D eigenvalue weighted by Gasteiger charge is -2.27. The molecule has 1 fully saturated rings. The molecule has 6 nitrogen and oxygen atoms in total. The Morgan fingerprint density at radius 3 is 2.96 bits per heavy atom. The molecule has 0 aliphatic carbocycles. The molecule has 2 aliphatic heterocycles. The number of carbonyl (C=O) groups is 1. The van der Waals surface area contributed by atoms with Gasteiger partial charge in [0.05, 0.1) is 18.8 Å². The standard InChI is InChI=1S/C16H20FN3O3/c17-12-3-1-4-13(15(12)16-18-5-2-6-19-16)23-11-14(21)20-7-9-22-10-8-20/h1,3-4H,2,5-11H2,(H,18,19). The van der Waals surface area contributed by atoms with E-state index in [2.05, 4.69) is 10.3 Å². The zero-order chi connectivity index (χ0) is 16.1. The molecule has 0 aromatic heterocycles. The maximum atomic E-state index is 14.2. The molecule has 23 heavy (non-hydrogen) atoms. The van der Waals surface area contributed by atoms with Crippen LogP contribution in [0.5, 0.6) is 5.75 Å². The van der Waals surface area contributed by atoms with Gasteiger partial charge in [0.15, 0.2) is 6.61 Å². The molecular weight excluding hydrogens is 301 g/mol. The van der Waals surface area contributed by atoms with Crippen LogP contribution in [0.15, 0.2) is 23.2 Å². The van der Waals surface area contributed by atoms with Crippen LogP contribution in [0, 0.1) is 5.82 Å². The molecule has 2 aliphatic rings. The second-order valence-electron chi connectivity index (χ2n) is 5.41. The van der Waals surface area contributed by atoms with Crippen molar-refractivity contribution in [2.45, 2.75) is 6.42 Å². The second kappa shape index (κ2) is 7.41. The van der Waals surface area contributed by atoms with Crippen LogP contribution in [-0.4, -0.2) is 62.6 Å². The molecule has 1 N–H and O–H groups in total. The fraction of sp³-hybridized carbons (Fsp3) is 0.500. The number of amides is 1. The van der Waals surface area contributed by atoms with Crippen molar-refractivity contribution in [1.82, 2.24) is 10.2 Å². The number of nitrogens with zero attached hydrogens (tertiary/aromatic N) is 2. The van der Waals surface area contributed by atoms with Crippen molar-refractivity contribution >= 4 is 11.7 Å². The van der Waals surface area contributed by atoms with Crippen LogP contribution in [0.1, 0.15) is 12.0 Å². The van der Waals surface area contributed by atoms with Crippen LogP contribution in [0.2, 0.25) is 0 Å². The van der Waals surface area contributed by atoms with Crippen LogP contribution in [-0.2, 0) is 9.53 Å². The number of benzene rings is 1. The van der Waals surface area contributed by atoms with Crippen molar-refractivity contribution in [3.63, 3.8) is 0 Å². The Bertz CT molecular complexity index is 600. The summed E-state index contributed by atoms with van der Waals surface area (Å²) >= 11 is 0. The number of hydrogen-bond donors (Lipinski definition) is 1. The van der Waals surface area contributed by atoms with E-state index in [1.807, 2.05) is 0 Å². The summed E-state index contributed by atoms with van der Waals surface area (Å²) in [4.78, 5) is 18.2. The number of hydrogen-bond acceptors (Lipinski definition) is 5. The lowest BCUT2D eigenvalue weighted by atomic mass is 10.1. The van der Waals surface area contributed by atoms with Gasteiger partial charge in [0.25, 0.3) is 5.91 Å². The normalized spacial score (nSPS) is 18.1. The lowest BCUT2D eigenvalue weighted by molar-refractivity contribution is -0.137. The molecule has 2 heterocycles. The minimum atomic E-state index is -0.408. The topological polar surface area (TPSA) is 63.2 Å². The summed E-state index contributed by atoms with van der Waals surface area (Å²) in [5.41, 5.74) is 0.293. The van der Waals surface area contributed by atoms with E-state index in [-0.39, 0.29) is 12.5 Å². The molecule has 3 rings (SSSR count). The van der Waals surface area contributed by atoms with Gasteiger partial charge in [0.1, 0.15) is 17.4 Å². The van der Waals surface area contributed by atoms with Crippen LogP contribution in [0.3, 0.4) is 0 Å². The highest BCUT2D eigenvalue weighted by Crippen LogP contribution is 2.23. The third kappa shape index (κ3) is 3.79. The first kappa shape index (κ1) is 15.7. The number of rotatable bonds is 4. The number of morpholine rings is 1. The monoisotopic (exact) mass is 321 g/mol. The van der Waals surface area contributed by atoms with Crippen molar-refractivity contribution in [2.24, 2.45) is 4.99 Å². The molecule has 124 valence electrons. The molecule has 1 aromatic rings. The quantitative estimate of drug-likeness (QED) is 0.891. The maximum Gasteiger partial charge on any atom is 0.260 e. The summed E-state index contributed by atoms with van der Waals surface area (Å²) in [5, 5.41) is 3.09. The second-order valence-corrected chi connectivity index (χ2v) is 5.41. The van der Waals surface area contributed by atoms with E-state index in [0.29, 0.717) is 50.0 Å². The summed E-state index contributed by atoms with van der Waals surface area (Å²) in [6.07, 6.45) is 0.920. The Labute approximate surface area is 134 Å². The molecule has 0 atom stereocenters. The fourth-order valence-corrected chi connectivity index (χ4v) is 2.60. The van der Waals surface area contributed by atoms with Gasteiger partial charge in [-0.2, -0.15) is 0 Å². The zero-order valence-electron chi connectivity index (χ0n) is 12.9. The van der Waals surface area contributed by atoms with Gasteiger partial charge in [-0.25, -0.2) is 4.39 Å². The predicted molar refractivity (Wildman–Crippen MR) is 83.3 cm³/mol. The van der Waals surface area contributed by atoms with E-state index in [0.717, 1.165) is 13.0 Å². The Kier molecular flexibility index (Phi) is 5.07. The molecule has 0 unspecified atom stereocenters. The first-order chi connectivity index (χ1) is 11.3. The van der Waals surface area contributed by atoms with E-state index in [9.17, 15) is 9.18 Å². The molecule has 1 amide bonds.